The second-order valence-corrected chi connectivity index (χ2v) is 8.44. The molecule has 0 radical (unpaired) electrons. The molecule has 1 aromatic rings. The first-order chi connectivity index (χ1) is 13.3. The molecule has 0 aliphatic heterocycles. The van der Waals surface area contributed by atoms with E-state index in [4.69, 9.17) is 4.74 Å². The molecule has 2 amide bonds. The molecule has 0 bridgehead atoms. The van der Waals surface area contributed by atoms with E-state index in [2.05, 4.69) is 28.5 Å². The zero-order chi connectivity index (χ0) is 21.5. The van der Waals surface area contributed by atoms with Gasteiger partial charge in [-0.3, -0.25) is 9.59 Å². The van der Waals surface area contributed by atoms with Gasteiger partial charge < -0.3 is 20.7 Å². The molecule has 3 atom stereocenters. The van der Waals surface area contributed by atoms with Gasteiger partial charge in [0.15, 0.2) is 0 Å². The average molecular weight is 430 g/mol. The van der Waals surface area contributed by atoms with Crippen molar-refractivity contribution in [1.82, 2.24) is 16.0 Å². The first-order valence-corrected chi connectivity index (χ1v) is 11.9. The van der Waals surface area contributed by atoms with Crippen LogP contribution in [-0.4, -0.2) is 55.5 Å². The highest BCUT2D eigenvalue weighted by Crippen LogP contribution is 2.09. The summed E-state index contributed by atoms with van der Waals surface area (Å²) >= 11 is 0. The maximum absolute atomic E-state index is 12.2. The number of esters is 1. The maximum Gasteiger partial charge on any atom is 0.333 e. The van der Waals surface area contributed by atoms with Crippen LogP contribution in [0.4, 0.5) is 0 Å². The topological polar surface area (TPSA) is 96.5 Å². The molecule has 3 N–H and O–H groups in total. The largest absolute Gasteiger partial charge is 0.425 e. The molecule has 7 nitrogen and oxygen atoms in total. The van der Waals surface area contributed by atoms with Crippen LogP contribution in [0.15, 0.2) is 30.3 Å². The number of hydrogen-bond donors (Lipinski definition) is 3. The van der Waals surface area contributed by atoms with Crippen molar-refractivity contribution in [2.75, 3.05) is 19.6 Å². The highest BCUT2D eigenvalue weighted by Gasteiger charge is 2.25. The number of rotatable bonds is 9. The van der Waals surface area contributed by atoms with E-state index in [1.807, 2.05) is 6.07 Å². The summed E-state index contributed by atoms with van der Waals surface area (Å²) in [6, 6.07) is 6.66. The van der Waals surface area contributed by atoms with Crippen molar-refractivity contribution in [2.45, 2.75) is 45.3 Å². The lowest BCUT2D eigenvalue weighted by Crippen LogP contribution is -2.53. The number of likely N-dealkylation sites (N-methyl/N-ethyl adjacent to an activating group) is 1. The second kappa shape index (κ2) is 15.2. The van der Waals surface area contributed by atoms with Gasteiger partial charge in [-0.1, -0.05) is 46.7 Å². The SMILES string of the molecule is CCC(NC(=O)C(C)NC)C(=O)NC(C)C(=O)Oc1ccccc1.CSSC. The monoisotopic (exact) mass is 429 g/mol. The van der Waals surface area contributed by atoms with Crippen molar-refractivity contribution in [1.29, 1.82) is 0 Å². The fourth-order valence-corrected chi connectivity index (χ4v) is 1.85. The van der Waals surface area contributed by atoms with E-state index >= 15 is 0 Å². The van der Waals surface area contributed by atoms with Crippen LogP contribution in [0.3, 0.4) is 0 Å². The Kier molecular flexibility index (Phi) is 14.3. The van der Waals surface area contributed by atoms with Crippen LogP contribution in [0, 0.1) is 0 Å². The fourth-order valence-electron chi connectivity index (χ4n) is 1.85. The Morgan fingerprint density at radius 3 is 2.00 bits per heavy atom. The normalized spacial score (nSPS) is 13.2. The predicted molar refractivity (Wildman–Crippen MR) is 117 cm³/mol. The van der Waals surface area contributed by atoms with E-state index in [-0.39, 0.29) is 5.91 Å². The summed E-state index contributed by atoms with van der Waals surface area (Å²) in [4.78, 5) is 36.1. The van der Waals surface area contributed by atoms with Gasteiger partial charge >= 0.3 is 5.97 Å². The molecule has 158 valence electrons. The zero-order valence-corrected chi connectivity index (χ0v) is 18.9. The Morgan fingerprint density at radius 1 is 0.964 bits per heavy atom. The lowest BCUT2D eigenvalue weighted by molar-refractivity contribution is -0.139. The lowest BCUT2D eigenvalue weighted by atomic mass is 10.1. The maximum atomic E-state index is 12.2. The van der Waals surface area contributed by atoms with Crippen LogP contribution in [0.1, 0.15) is 27.2 Å². The minimum absolute atomic E-state index is 0.279. The first-order valence-electron chi connectivity index (χ1n) is 8.92. The number of benzene rings is 1. The molecule has 1 aromatic carbocycles. The van der Waals surface area contributed by atoms with Crippen LogP contribution in [0.2, 0.25) is 0 Å². The van der Waals surface area contributed by atoms with Gasteiger partial charge in [0.25, 0.3) is 0 Å². The van der Waals surface area contributed by atoms with E-state index < -0.39 is 30.0 Å². The molecule has 3 unspecified atom stereocenters. The number of nitrogens with one attached hydrogen (secondary N) is 3. The predicted octanol–water partition coefficient (Wildman–Crippen LogP) is 2.23. The van der Waals surface area contributed by atoms with E-state index in [0.29, 0.717) is 12.2 Å². The number of para-hydroxylation sites is 1. The minimum Gasteiger partial charge on any atom is -0.425 e. The third-order valence-corrected chi connectivity index (χ3v) is 5.04. The molecule has 9 heteroatoms. The number of amides is 2. The van der Waals surface area contributed by atoms with Gasteiger partial charge in [0.2, 0.25) is 11.8 Å². The summed E-state index contributed by atoms with van der Waals surface area (Å²) in [7, 11) is 5.21. The van der Waals surface area contributed by atoms with Gasteiger partial charge in [0.05, 0.1) is 6.04 Å². The minimum atomic E-state index is -0.828. The Morgan fingerprint density at radius 2 is 1.54 bits per heavy atom. The Labute approximate surface area is 175 Å². The highest BCUT2D eigenvalue weighted by atomic mass is 33.1. The highest BCUT2D eigenvalue weighted by molar-refractivity contribution is 8.76. The van der Waals surface area contributed by atoms with Crippen molar-refractivity contribution in [3.05, 3.63) is 30.3 Å². The standard InChI is InChI=1S/C17H25N3O4.C2H6S2/c1-5-14(20-15(21)11(2)18-4)16(22)19-12(3)17(23)24-13-9-7-6-8-10-13;1-3-4-2/h6-12,14,18H,5H2,1-4H3,(H,19,22)(H,20,21);1-2H3. The summed E-state index contributed by atoms with van der Waals surface area (Å²) in [6.07, 6.45) is 4.53. The van der Waals surface area contributed by atoms with Gasteiger partial charge in [-0.15, -0.1) is 0 Å². The lowest BCUT2D eigenvalue weighted by Gasteiger charge is -2.21. The molecule has 0 saturated heterocycles. The summed E-state index contributed by atoms with van der Waals surface area (Å²) in [5, 5.41) is 8.01. The van der Waals surface area contributed by atoms with Gasteiger partial charge in [-0.05, 0) is 52.0 Å². The first kappa shape index (κ1) is 26.3. The van der Waals surface area contributed by atoms with E-state index in [1.54, 1.807) is 66.7 Å². The molecule has 0 aliphatic rings. The van der Waals surface area contributed by atoms with Crippen molar-refractivity contribution in [3.63, 3.8) is 0 Å². The van der Waals surface area contributed by atoms with Crippen LogP contribution in [0.25, 0.3) is 0 Å². The van der Waals surface area contributed by atoms with Crippen LogP contribution in [0.5, 0.6) is 5.75 Å². The van der Waals surface area contributed by atoms with Crippen molar-refractivity contribution in [2.24, 2.45) is 0 Å². The summed E-state index contributed by atoms with van der Waals surface area (Å²) in [5.41, 5.74) is 0. The van der Waals surface area contributed by atoms with Crippen molar-refractivity contribution >= 4 is 39.4 Å². The van der Waals surface area contributed by atoms with E-state index in [1.165, 1.54) is 6.92 Å². The van der Waals surface area contributed by atoms with Gasteiger partial charge in [0.1, 0.15) is 17.8 Å². The molecule has 0 aromatic heterocycles. The van der Waals surface area contributed by atoms with Gasteiger partial charge in [-0.25, -0.2) is 4.79 Å². The van der Waals surface area contributed by atoms with E-state index in [9.17, 15) is 14.4 Å². The Balaban J connectivity index is 0.00000165. The quantitative estimate of drug-likeness (QED) is 0.315. The smallest absolute Gasteiger partial charge is 0.333 e. The van der Waals surface area contributed by atoms with Crippen LogP contribution >= 0.6 is 21.6 Å². The van der Waals surface area contributed by atoms with Crippen LogP contribution in [-0.2, 0) is 14.4 Å². The summed E-state index contributed by atoms with van der Waals surface area (Å²) in [6.45, 7) is 5.01. The molecule has 28 heavy (non-hydrogen) atoms. The zero-order valence-electron chi connectivity index (χ0n) is 17.3. The number of hydrogen-bond acceptors (Lipinski definition) is 7. The third-order valence-electron chi connectivity index (χ3n) is 3.71. The Hall–Kier alpha value is -1.71. The molecule has 0 saturated carbocycles. The van der Waals surface area contributed by atoms with Gasteiger partial charge in [-0.2, -0.15) is 0 Å². The molecule has 0 spiro atoms. The molecular formula is C19H31N3O4S2. The molecule has 0 fully saturated rings. The Bertz CT molecular complexity index is 600. The third kappa shape index (κ3) is 10.6. The summed E-state index contributed by atoms with van der Waals surface area (Å²) in [5.74, 6) is -0.864. The summed E-state index contributed by atoms with van der Waals surface area (Å²) < 4.78 is 5.18. The van der Waals surface area contributed by atoms with Crippen molar-refractivity contribution < 1.29 is 19.1 Å². The van der Waals surface area contributed by atoms with Crippen molar-refractivity contribution in [3.8, 4) is 5.75 Å². The molecule has 0 aliphatic carbocycles. The number of carbonyl (C=O) groups excluding carboxylic acids is 3. The molecular weight excluding hydrogens is 398 g/mol. The van der Waals surface area contributed by atoms with Gasteiger partial charge in [0, 0.05) is 0 Å². The molecule has 1 rings (SSSR count). The second-order valence-electron chi connectivity index (χ2n) is 5.78. The average Bonchev–Trinajstić information content (AvgIpc) is 2.71. The molecule has 0 heterocycles. The number of carbonyl (C=O) groups is 3. The fraction of sp³-hybridized carbons (Fsp3) is 0.526. The number of ether oxygens (including phenoxy) is 1. The van der Waals surface area contributed by atoms with Crippen LogP contribution < -0.4 is 20.7 Å². The van der Waals surface area contributed by atoms with E-state index in [0.717, 1.165) is 0 Å².